The molecule has 1 heterocycles. The van der Waals surface area contributed by atoms with Gasteiger partial charge in [-0.1, -0.05) is 0 Å². The molecule has 0 amide bonds. The fraction of sp³-hybridized carbons (Fsp3) is 0.400. The summed E-state index contributed by atoms with van der Waals surface area (Å²) in [5.41, 5.74) is 0. The summed E-state index contributed by atoms with van der Waals surface area (Å²) in [7, 11) is -0.0877. The maximum atomic E-state index is 5.01. The van der Waals surface area contributed by atoms with Gasteiger partial charge in [-0.2, -0.15) is 10.9 Å². The topological polar surface area (TPSA) is 26.0 Å². The zero-order chi connectivity index (χ0) is 5.98. The normalized spacial score (nSPS) is 11.5. The van der Waals surface area contributed by atoms with Gasteiger partial charge in [-0.15, -0.1) is 0 Å². The van der Waals surface area contributed by atoms with Crippen molar-refractivity contribution in [1.29, 1.82) is 0 Å². The summed E-state index contributed by atoms with van der Waals surface area (Å²) in [6.07, 6.45) is 7.51. The molecule has 0 aliphatic carbocycles. The lowest BCUT2D eigenvalue weighted by Crippen LogP contribution is -1.68. The number of hydrogen-bond donors (Lipinski definition) is 1. The molecule has 0 unspecified atom stereocenters. The molecule has 0 aliphatic rings. The van der Waals surface area contributed by atoms with Gasteiger partial charge in [0, 0.05) is 0 Å². The quantitative estimate of drug-likeness (QED) is 0.581. The van der Waals surface area contributed by atoms with Gasteiger partial charge < -0.3 is 4.42 Å². The molecule has 3 heteroatoms. The fourth-order valence-electron chi connectivity index (χ4n) is 0.430. The smallest absolute Gasteiger partial charge is 0.182 e. The van der Waals surface area contributed by atoms with E-state index in [9.17, 15) is 0 Å². The summed E-state index contributed by atoms with van der Waals surface area (Å²) in [5.74, 6) is 0. The Morgan fingerprint density at radius 1 is 1.62 bits per heavy atom. The van der Waals surface area contributed by atoms with Crippen LogP contribution < -0.4 is 0 Å². The molecular formula is C5H9NOS. The van der Waals surface area contributed by atoms with Gasteiger partial charge >= 0.3 is 0 Å². The number of rotatable bonds is 1. The van der Waals surface area contributed by atoms with Crippen molar-refractivity contribution in [2.45, 2.75) is 5.09 Å². The summed E-state index contributed by atoms with van der Waals surface area (Å²) in [6.45, 7) is 0. The first kappa shape index (κ1) is 5.69. The van der Waals surface area contributed by atoms with Crippen molar-refractivity contribution in [3.8, 4) is 0 Å². The lowest BCUT2D eigenvalue weighted by Gasteiger charge is -1.99. The van der Waals surface area contributed by atoms with Crippen molar-refractivity contribution in [3.63, 3.8) is 0 Å². The molecule has 0 N–H and O–H groups in total. The van der Waals surface area contributed by atoms with Crippen molar-refractivity contribution < 1.29 is 4.42 Å². The second-order valence-corrected chi connectivity index (χ2v) is 3.96. The minimum atomic E-state index is -0.0877. The standard InChI is InChI=1S/C5H9NOS/c1-8(2)5-3-6-4-7-5/h3-4,8H,1-2H3. The largest absolute Gasteiger partial charge is 0.439 e. The Morgan fingerprint density at radius 2 is 2.38 bits per heavy atom. The molecular weight excluding hydrogens is 122 g/mol. The third kappa shape index (κ3) is 1.04. The molecule has 0 saturated heterocycles. The second-order valence-electron chi connectivity index (χ2n) is 1.73. The first-order valence-corrected chi connectivity index (χ1v) is 4.60. The van der Waals surface area contributed by atoms with E-state index >= 15 is 0 Å². The summed E-state index contributed by atoms with van der Waals surface area (Å²) in [6, 6.07) is 0. The predicted molar refractivity (Wildman–Crippen MR) is 35.6 cm³/mol. The molecule has 0 spiro atoms. The van der Waals surface area contributed by atoms with Gasteiger partial charge in [-0.25, -0.2) is 4.98 Å². The second kappa shape index (κ2) is 2.22. The number of hydrogen-bond acceptors (Lipinski definition) is 2. The van der Waals surface area contributed by atoms with Crippen LogP contribution in [0.1, 0.15) is 0 Å². The van der Waals surface area contributed by atoms with Gasteiger partial charge in [-0.05, 0) is 12.5 Å². The maximum Gasteiger partial charge on any atom is 0.182 e. The van der Waals surface area contributed by atoms with Crippen LogP contribution in [0, 0.1) is 0 Å². The van der Waals surface area contributed by atoms with Gasteiger partial charge in [0.15, 0.2) is 11.5 Å². The van der Waals surface area contributed by atoms with Crippen molar-refractivity contribution in [3.05, 3.63) is 12.6 Å². The molecule has 0 aliphatic heterocycles. The van der Waals surface area contributed by atoms with Gasteiger partial charge in [0.25, 0.3) is 0 Å². The number of thiol groups is 1. The van der Waals surface area contributed by atoms with Crippen LogP contribution in [0.5, 0.6) is 0 Å². The predicted octanol–water partition coefficient (Wildman–Crippen LogP) is 1.29. The van der Waals surface area contributed by atoms with Gasteiger partial charge in [-0.3, -0.25) is 0 Å². The first-order valence-electron chi connectivity index (χ1n) is 2.36. The van der Waals surface area contributed by atoms with E-state index in [1.54, 1.807) is 6.20 Å². The highest BCUT2D eigenvalue weighted by Gasteiger charge is 1.94. The van der Waals surface area contributed by atoms with E-state index in [0.717, 1.165) is 5.09 Å². The van der Waals surface area contributed by atoms with Crippen LogP contribution in [0.3, 0.4) is 0 Å². The van der Waals surface area contributed by atoms with Crippen LogP contribution in [-0.4, -0.2) is 17.5 Å². The highest BCUT2D eigenvalue weighted by Crippen LogP contribution is 2.26. The third-order valence-corrected chi connectivity index (χ3v) is 1.96. The maximum absolute atomic E-state index is 5.01. The molecule has 1 rings (SSSR count). The molecule has 0 aromatic carbocycles. The van der Waals surface area contributed by atoms with Crippen molar-refractivity contribution >= 4 is 10.9 Å². The summed E-state index contributed by atoms with van der Waals surface area (Å²) >= 11 is 0. The van der Waals surface area contributed by atoms with E-state index in [1.807, 2.05) is 0 Å². The first-order chi connectivity index (χ1) is 3.80. The molecule has 46 valence electrons. The molecule has 0 bridgehead atoms. The van der Waals surface area contributed by atoms with Crippen LogP contribution in [-0.2, 0) is 0 Å². The average Bonchev–Trinajstić information content (AvgIpc) is 2.12. The van der Waals surface area contributed by atoms with Crippen molar-refractivity contribution in [2.24, 2.45) is 0 Å². The van der Waals surface area contributed by atoms with E-state index in [4.69, 9.17) is 4.42 Å². The molecule has 8 heavy (non-hydrogen) atoms. The molecule has 1 aromatic heterocycles. The van der Waals surface area contributed by atoms with E-state index < -0.39 is 0 Å². The van der Waals surface area contributed by atoms with Crippen LogP contribution in [0.15, 0.2) is 22.1 Å². The van der Waals surface area contributed by atoms with Crippen molar-refractivity contribution in [2.75, 3.05) is 12.5 Å². The third-order valence-electron chi connectivity index (χ3n) is 0.860. The summed E-state index contributed by atoms with van der Waals surface area (Å²) in [5, 5.41) is 1.01. The Balaban J connectivity index is 2.77. The van der Waals surface area contributed by atoms with Crippen LogP contribution >= 0.6 is 10.9 Å². The molecule has 0 fully saturated rings. The van der Waals surface area contributed by atoms with Crippen molar-refractivity contribution in [1.82, 2.24) is 4.98 Å². The average molecular weight is 131 g/mol. The molecule has 2 nitrogen and oxygen atoms in total. The molecule has 1 aromatic rings. The number of oxazole rings is 1. The van der Waals surface area contributed by atoms with E-state index in [-0.39, 0.29) is 10.9 Å². The zero-order valence-electron chi connectivity index (χ0n) is 4.96. The Kier molecular flexibility index (Phi) is 1.58. The lowest BCUT2D eigenvalue weighted by atomic mass is 11.0. The minimum Gasteiger partial charge on any atom is -0.439 e. The minimum absolute atomic E-state index is 0.0877. The van der Waals surface area contributed by atoms with Crippen LogP contribution in [0.2, 0.25) is 0 Å². The van der Waals surface area contributed by atoms with Crippen LogP contribution in [0.25, 0.3) is 0 Å². The molecule has 0 atom stereocenters. The van der Waals surface area contributed by atoms with Gasteiger partial charge in [0.2, 0.25) is 0 Å². The SMILES string of the molecule is C[SH](C)c1cnco1. The molecule has 0 radical (unpaired) electrons. The van der Waals surface area contributed by atoms with Gasteiger partial charge in [0.05, 0.1) is 6.20 Å². The van der Waals surface area contributed by atoms with E-state index in [2.05, 4.69) is 17.5 Å². The van der Waals surface area contributed by atoms with Gasteiger partial charge in [0.1, 0.15) is 0 Å². The Hall–Kier alpha value is -0.440. The Bertz CT molecular complexity index is 147. The monoisotopic (exact) mass is 131 g/mol. The summed E-state index contributed by atoms with van der Waals surface area (Å²) in [4.78, 5) is 3.79. The Morgan fingerprint density at radius 3 is 2.62 bits per heavy atom. The van der Waals surface area contributed by atoms with E-state index in [0.29, 0.717) is 0 Å². The summed E-state index contributed by atoms with van der Waals surface area (Å²) < 4.78 is 5.01. The number of aromatic nitrogens is 1. The highest BCUT2D eigenvalue weighted by molar-refractivity contribution is 8.15. The highest BCUT2D eigenvalue weighted by atomic mass is 32.2. The lowest BCUT2D eigenvalue weighted by molar-refractivity contribution is 0.468. The Labute approximate surface area is 51.3 Å². The zero-order valence-corrected chi connectivity index (χ0v) is 5.85. The molecule has 0 saturated carbocycles. The van der Waals surface area contributed by atoms with E-state index in [1.165, 1.54) is 6.39 Å². The fourth-order valence-corrected chi connectivity index (χ4v) is 0.985. The number of nitrogens with zero attached hydrogens (tertiary/aromatic N) is 1. The van der Waals surface area contributed by atoms with Crippen LogP contribution in [0.4, 0.5) is 0 Å².